The van der Waals surface area contributed by atoms with Crippen molar-refractivity contribution >= 4 is 0 Å². The van der Waals surface area contributed by atoms with E-state index in [1.165, 1.54) is 6.26 Å². The number of nitrogens with zero attached hydrogens (tertiary/aromatic N) is 2. The summed E-state index contributed by atoms with van der Waals surface area (Å²) >= 11 is 0. The molecule has 0 aromatic carbocycles. The number of nitrogens with one attached hydrogen (secondary N) is 1. The minimum Gasteiger partial charge on any atom is -0.387 e. The van der Waals surface area contributed by atoms with Gasteiger partial charge < -0.3 is 4.52 Å². The molecule has 0 aromatic heterocycles. The molecule has 0 saturated carbocycles. The van der Waals surface area contributed by atoms with Crippen LogP contribution in [-0.2, 0) is 0 Å². The first-order chi connectivity index (χ1) is 3.97. The predicted octanol–water partition coefficient (Wildman–Crippen LogP) is 0.502. The topological polar surface area (TPSA) is 54.7 Å². The van der Waals surface area contributed by atoms with Gasteiger partial charge in [-0.1, -0.05) is 0 Å². The lowest BCUT2D eigenvalue weighted by molar-refractivity contribution is 0.424. The van der Waals surface area contributed by atoms with E-state index in [-0.39, 0.29) is 0 Å². The fourth-order valence-corrected chi connectivity index (χ4v) is 0.583. The van der Waals surface area contributed by atoms with E-state index in [2.05, 4.69) is 19.9 Å². The highest BCUT2D eigenvalue weighted by molar-refractivity contribution is 5.50. The smallest absolute Gasteiger partial charge is 0.151 e. The van der Waals surface area contributed by atoms with Crippen LogP contribution in [0.15, 0.2) is 17.0 Å². The van der Waals surface area contributed by atoms with Gasteiger partial charge in [-0.3, -0.25) is 0 Å². The molecule has 40 valence electrons. The average molecular weight is 109 g/mol. The van der Waals surface area contributed by atoms with Gasteiger partial charge in [-0.2, -0.15) is 5.10 Å². The van der Waals surface area contributed by atoms with Crippen molar-refractivity contribution in [2.45, 2.75) is 0 Å². The number of aromatic amines is 1. The number of hydrogen-bond acceptors (Lipinski definition) is 3. The first-order valence-electron chi connectivity index (χ1n) is 2.20. The van der Waals surface area contributed by atoms with Gasteiger partial charge >= 0.3 is 0 Å². The molecule has 0 fully saturated rings. The van der Waals surface area contributed by atoms with E-state index in [1.54, 1.807) is 6.20 Å². The molecule has 4 nitrogen and oxygen atoms in total. The number of hydrogen-bond donors (Lipinski definition) is 1. The maximum absolute atomic E-state index is 4.68. The Labute approximate surface area is 44.8 Å². The summed E-state index contributed by atoms with van der Waals surface area (Å²) in [6.45, 7) is 0. The molecule has 1 N–H and O–H groups in total. The SMILES string of the molecule is c1o[nH]c2cnnc1-2. The Balaban J connectivity index is 2.84. The van der Waals surface area contributed by atoms with Crippen molar-refractivity contribution in [2.75, 3.05) is 0 Å². The molecule has 0 radical (unpaired) electrons. The predicted molar refractivity (Wildman–Crippen MR) is 25.3 cm³/mol. The Morgan fingerprint density at radius 3 is 3.50 bits per heavy atom. The Morgan fingerprint density at radius 2 is 2.62 bits per heavy atom. The van der Waals surface area contributed by atoms with Crippen molar-refractivity contribution in [1.82, 2.24) is 15.4 Å². The molecule has 0 saturated heterocycles. The fourth-order valence-electron chi connectivity index (χ4n) is 0.583. The summed E-state index contributed by atoms with van der Waals surface area (Å²) in [5, 5.41) is 9.92. The highest BCUT2D eigenvalue weighted by Gasteiger charge is 2.04. The van der Waals surface area contributed by atoms with Gasteiger partial charge in [-0.15, -0.1) is 5.10 Å². The number of aromatic nitrogens is 3. The van der Waals surface area contributed by atoms with Crippen LogP contribution in [0, 0.1) is 0 Å². The molecule has 0 spiro atoms. The van der Waals surface area contributed by atoms with Crippen LogP contribution in [0.1, 0.15) is 0 Å². The van der Waals surface area contributed by atoms with Gasteiger partial charge in [-0.05, 0) is 0 Å². The zero-order valence-corrected chi connectivity index (χ0v) is 3.96. The summed E-state index contributed by atoms with van der Waals surface area (Å²) in [4.78, 5) is 0. The lowest BCUT2D eigenvalue weighted by Gasteiger charge is -1.69. The highest BCUT2D eigenvalue weighted by atomic mass is 16.5. The second-order valence-electron chi connectivity index (χ2n) is 1.48. The van der Waals surface area contributed by atoms with Crippen LogP contribution in [-0.4, -0.2) is 15.4 Å². The van der Waals surface area contributed by atoms with Crippen molar-refractivity contribution in [3.05, 3.63) is 12.5 Å². The summed E-state index contributed by atoms with van der Waals surface area (Å²) in [6, 6.07) is 0. The van der Waals surface area contributed by atoms with Gasteiger partial charge in [0.1, 0.15) is 12.0 Å². The summed E-state index contributed by atoms with van der Waals surface area (Å²) < 4.78 is 4.68. The number of fused-ring (bicyclic) bond motifs is 1. The fraction of sp³-hybridized carbons (Fsp3) is 0. The van der Waals surface area contributed by atoms with Crippen molar-refractivity contribution in [3.63, 3.8) is 0 Å². The average Bonchev–Trinajstić information content (AvgIpc) is 2.15. The van der Waals surface area contributed by atoms with E-state index >= 15 is 0 Å². The molecule has 2 aliphatic rings. The Bertz CT molecular complexity index is 203. The van der Waals surface area contributed by atoms with Gasteiger partial charge in [-0.25, -0.2) is 5.16 Å². The molecule has 0 unspecified atom stereocenters. The third kappa shape index (κ3) is 0.294. The third-order valence-corrected chi connectivity index (χ3v) is 0.968. The number of rotatable bonds is 0. The normalized spacial score (nSPS) is 10.5. The molecule has 0 aromatic rings. The van der Waals surface area contributed by atoms with E-state index < -0.39 is 0 Å². The minimum absolute atomic E-state index is 0.769. The second-order valence-corrected chi connectivity index (χ2v) is 1.48. The van der Waals surface area contributed by atoms with Crippen LogP contribution < -0.4 is 0 Å². The van der Waals surface area contributed by atoms with Gasteiger partial charge in [0, 0.05) is 0 Å². The van der Waals surface area contributed by atoms with Crippen LogP contribution in [0.2, 0.25) is 0 Å². The molecule has 0 bridgehead atoms. The molecule has 8 heavy (non-hydrogen) atoms. The van der Waals surface area contributed by atoms with Crippen LogP contribution in [0.25, 0.3) is 11.4 Å². The molecule has 2 aliphatic heterocycles. The molecular weight excluding hydrogens is 106 g/mol. The maximum Gasteiger partial charge on any atom is 0.151 e. The Hall–Kier alpha value is -1.32. The van der Waals surface area contributed by atoms with E-state index in [4.69, 9.17) is 0 Å². The quantitative estimate of drug-likeness (QED) is 0.536. The van der Waals surface area contributed by atoms with Crippen molar-refractivity contribution in [1.29, 1.82) is 0 Å². The lowest BCUT2D eigenvalue weighted by Crippen LogP contribution is -1.64. The van der Waals surface area contributed by atoms with Gasteiger partial charge in [0.15, 0.2) is 5.69 Å². The monoisotopic (exact) mass is 109 g/mol. The summed E-state index contributed by atoms with van der Waals surface area (Å²) in [6.07, 6.45) is 3.13. The first kappa shape index (κ1) is 3.65. The molecule has 0 atom stereocenters. The summed E-state index contributed by atoms with van der Waals surface area (Å²) in [5.74, 6) is 0. The highest BCUT2D eigenvalue weighted by Crippen LogP contribution is 2.13. The molecule has 0 amide bonds. The van der Waals surface area contributed by atoms with Gasteiger partial charge in [0.05, 0.1) is 6.20 Å². The van der Waals surface area contributed by atoms with Crippen LogP contribution in [0.4, 0.5) is 0 Å². The largest absolute Gasteiger partial charge is 0.387 e. The third-order valence-electron chi connectivity index (χ3n) is 0.968. The van der Waals surface area contributed by atoms with Crippen LogP contribution in [0.5, 0.6) is 0 Å². The molecule has 2 heterocycles. The molecule has 0 aliphatic carbocycles. The Morgan fingerprint density at radius 1 is 1.62 bits per heavy atom. The summed E-state index contributed by atoms with van der Waals surface area (Å²) in [5.41, 5.74) is 1.61. The summed E-state index contributed by atoms with van der Waals surface area (Å²) in [7, 11) is 0. The van der Waals surface area contributed by atoms with Crippen molar-refractivity contribution in [3.8, 4) is 11.4 Å². The molecule has 2 rings (SSSR count). The Kier molecular flexibility index (Phi) is 0.498. The lowest BCUT2D eigenvalue weighted by atomic mass is 10.4. The van der Waals surface area contributed by atoms with Crippen LogP contribution in [0.3, 0.4) is 0 Å². The maximum atomic E-state index is 4.68. The second kappa shape index (κ2) is 1.09. The zero-order valence-electron chi connectivity index (χ0n) is 3.96. The standard InChI is InChI=1S/C4H3N3O/c1-3-4(6-5-1)2-8-7-3/h1-2,7H. The van der Waals surface area contributed by atoms with E-state index in [1.807, 2.05) is 0 Å². The van der Waals surface area contributed by atoms with E-state index in [0.29, 0.717) is 0 Å². The van der Waals surface area contributed by atoms with Gasteiger partial charge in [0.2, 0.25) is 0 Å². The van der Waals surface area contributed by atoms with Gasteiger partial charge in [0.25, 0.3) is 0 Å². The molecular formula is C4H3N3O. The van der Waals surface area contributed by atoms with Crippen molar-refractivity contribution < 1.29 is 4.52 Å². The minimum atomic E-state index is 0.769. The number of H-pyrrole nitrogens is 1. The van der Waals surface area contributed by atoms with E-state index in [9.17, 15) is 0 Å². The van der Waals surface area contributed by atoms with E-state index in [0.717, 1.165) is 11.4 Å². The molecule has 4 heteroatoms. The van der Waals surface area contributed by atoms with Crippen LogP contribution >= 0.6 is 0 Å². The zero-order chi connectivity index (χ0) is 5.40. The first-order valence-corrected chi connectivity index (χ1v) is 2.20. The van der Waals surface area contributed by atoms with Crippen molar-refractivity contribution in [2.24, 2.45) is 0 Å².